The Kier molecular flexibility index (Phi) is 28.5. The van der Waals surface area contributed by atoms with E-state index in [-0.39, 0.29) is 5.92 Å². The van der Waals surface area contributed by atoms with Crippen LogP contribution in [0.2, 0.25) is 0 Å². The van der Waals surface area contributed by atoms with E-state index < -0.39 is 11.9 Å². The summed E-state index contributed by atoms with van der Waals surface area (Å²) >= 11 is 0. The summed E-state index contributed by atoms with van der Waals surface area (Å²) < 4.78 is 0. The zero-order valence-corrected chi connectivity index (χ0v) is 21.6. The van der Waals surface area contributed by atoms with Crippen molar-refractivity contribution in [1.29, 1.82) is 0 Å². The Bertz CT molecular complexity index is 431. The predicted molar refractivity (Wildman–Crippen MR) is 137 cm³/mol. The van der Waals surface area contributed by atoms with Gasteiger partial charge in [-0.1, -0.05) is 110 Å². The molecule has 0 aromatic heterocycles. The first kappa shape index (κ1) is 32.9. The average molecular weight is 455 g/mol. The molecule has 1 unspecified atom stereocenters. The number of hydrogen-bond acceptors (Lipinski definition) is 2. The van der Waals surface area contributed by atoms with Crippen molar-refractivity contribution in [2.75, 3.05) is 0 Å². The molecule has 4 nitrogen and oxygen atoms in total. The molecule has 190 valence electrons. The van der Waals surface area contributed by atoms with Crippen LogP contribution in [0.4, 0.5) is 0 Å². The second-order valence-corrected chi connectivity index (χ2v) is 9.02. The summed E-state index contributed by atoms with van der Waals surface area (Å²) in [5.74, 6) is -1.40. The van der Waals surface area contributed by atoms with E-state index in [0.717, 1.165) is 32.1 Å². The highest BCUT2D eigenvalue weighted by atomic mass is 16.4. The van der Waals surface area contributed by atoms with Crippen LogP contribution in [-0.4, -0.2) is 22.2 Å². The van der Waals surface area contributed by atoms with E-state index in [2.05, 4.69) is 26.0 Å². The van der Waals surface area contributed by atoms with Gasteiger partial charge < -0.3 is 10.2 Å². The SMILES string of the molecule is CCCCCCC(CC)C(=O)O.CCCCCCCC/C=C\CCCCCCCC(=O)O. The van der Waals surface area contributed by atoms with Gasteiger partial charge in [-0.3, -0.25) is 9.59 Å². The van der Waals surface area contributed by atoms with Crippen molar-refractivity contribution in [3.63, 3.8) is 0 Å². The van der Waals surface area contributed by atoms with Crippen molar-refractivity contribution in [2.45, 2.75) is 149 Å². The van der Waals surface area contributed by atoms with E-state index in [1.54, 1.807) is 0 Å². The third kappa shape index (κ3) is 28.7. The van der Waals surface area contributed by atoms with Crippen LogP contribution in [0.1, 0.15) is 149 Å². The molecule has 4 heteroatoms. The summed E-state index contributed by atoms with van der Waals surface area (Å²) in [6, 6.07) is 0. The van der Waals surface area contributed by atoms with Gasteiger partial charge in [0.25, 0.3) is 0 Å². The van der Waals surface area contributed by atoms with Crippen LogP contribution in [0.15, 0.2) is 12.2 Å². The molecule has 0 radical (unpaired) electrons. The van der Waals surface area contributed by atoms with Gasteiger partial charge >= 0.3 is 11.9 Å². The standard InChI is InChI=1S/C18H34O2.C10H20O2/c1-2-3-4-5-6-7-8-9-10-11-12-13-14-15-16-17-18(19)20;1-3-5-6-7-8-9(4-2)10(11)12/h9-10H,2-8,11-17H2,1H3,(H,19,20);9H,3-8H2,1-2H3,(H,11,12)/b10-9-;. The van der Waals surface area contributed by atoms with Crippen molar-refractivity contribution in [3.05, 3.63) is 12.2 Å². The van der Waals surface area contributed by atoms with Gasteiger partial charge in [-0.15, -0.1) is 0 Å². The Labute approximate surface area is 199 Å². The molecule has 1 atom stereocenters. The summed E-state index contributed by atoms with van der Waals surface area (Å²) in [7, 11) is 0. The van der Waals surface area contributed by atoms with Crippen molar-refractivity contribution in [1.82, 2.24) is 0 Å². The molecule has 2 N–H and O–H groups in total. The van der Waals surface area contributed by atoms with Gasteiger partial charge in [-0.2, -0.15) is 0 Å². The summed E-state index contributed by atoms with van der Waals surface area (Å²) in [5.41, 5.74) is 0. The minimum Gasteiger partial charge on any atom is -0.481 e. The van der Waals surface area contributed by atoms with Crippen LogP contribution in [0.3, 0.4) is 0 Å². The zero-order valence-electron chi connectivity index (χ0n) is 21.6. The Morgan fingerprint density at radius 1 is 0.625 bits per heavy atom. The smallest absolute Gasteiger partial charge is 0.306 e. The Hall–Kier alpha value is -1.32. The summed E-state index contributed by atoms with van der Waals surface area (Å²) in [6.45, 7) is 6.36. The third-order valence-electron chi connectivity index (χ3n) is 5.90. The van der Waals surface area contributed by atoms with Crippen LogP contribution < -0.4 is 0 Å². The molecule has 0 aliphatic heterocycles. The first-order chi connectivity index (χ1) is 15.5. The van der Waals surface area contributed by atoms with Crippen molar-refractivity contribution in [2.24, 2.45) is 5.92 Å². The van der Waals surface area contributed by atoms with E-state index in [9.17, 15) is 9.59 Å². The highest BCUT2D eigenvalue weighted by Crippen LogP contribution is 2.14. The molecule has 0 bridgehead atoms. The lowest BCUT2D eigenvalue weighted by molar-refractivity contribution is -0.142. The Morgan fingerprint density at radius 3 is 1.50 bits per heavy atom. The second-order valence-electron chi connectivity index (χ2n) is 9.02. The monoisotopic (exact) mass is 454 g/mol. The van der Waals surface area contributed by atoms with E-state index >= 15 is 0 Å². The van der Waals surface area contributed by atoms with E-state index in [1.165, 1.54) is 89.9 Å². The molecule has 0 rings (SSSR count). The molecule has 0 spiro atoms. The lowest BCUT2D eigenvalue weighted by Crippen LogP contribution is -2.12. The Balaban J connectivity index is 0. The fraction of sp³-hybridized carbons (Fsp3) is 0.857. The molecule has 0 saturated carbocycles. The molecule has 0 fully saturated rings. The van der Waals surface area contributed by atoms with Crippen LogP contribution in [0, 0.1) is 5.92 Å². The minimum atomic E-state index is -0.664. The lowest BCUT2D eigenvalue weighted by atomic mass is 9.99. The van der Waals surface area contributed by atoms with Gasteiger partial charge in [0.05, 0.1) is 5.92 Å². The first-order valence-electron chi connectivity index (χ1n) is 13.6. The molecule has 0 amide bonds. The van der Waals surface area contributed by atoms with Crippen LogP contribution in [0.25, 0.3) is 0 Å². The van der Waals surface area contributed by atoms with Crippen molar-refractivity contribution in [3.8, 4) is 0 Å². The summed E-state index contributed by atoms with van der Waals surface area (Å²) in [4.78, 5) is 20.9. The second kappa shape index (κ2) is 27.7. The Morgan fingerprint density at radius 2 is 1.06 bits per heavy atom. The molecule has 0 aliphatic rings. The topological polar surface area (TPSA) is 74.6 Å². The van der Waals surface area contributed by atoms with E-state index in [0.29, 0.717) is 6.42 Å². The molecule has 0 saturated heterocycles. The van der Waals surface area contributed by atoms with Gasteiger partial charge in [0, 0.05) is 6.42 Å². The maximum Gasteiger partial charge on any atom is 0.306 e. The normalized spacial score (nSPS) is 11.8. The highest BCUT2D eigenvalue weighted by molar-refractivity contribution is 5.69. The van der Waals surface area contributed by atoms with E-state index in [4.69, 9.17) is 10.2 Å². The van der Waals surface area contributed by atoms with Crippen LogP contribution in [0.5, 0.6) is 0 Å². The van der Waals surface area contributed by atoms with Crippen LogP contribution in [-0.2, 0) is 9.59 Å². The zero-order chi connectivity index (χ0) is 24.3. The fourth-order valence-electron chi connectivity index (χ4n) is 3.67. The minimum absolute atomic E-state index is 0.109. The number of aliphatic carboxylic acids is 2. The molecule has 0 aliphatic carbocycles. The summed E-state index contributed by atoms with van der Waals surface area (Å²) in [5, 5.41) is 17.2. The van der Waals surface area contributed by atoms with Crippen LogP contribution >= 0.6 is 0 Å². The third-order valence-corrected chi connectivity index (χ3v) is 5.90. The summed E-state index contributed by atoms with van der Waals surface area (Å²) in [6.07, 6.45) is 27.6. The highest BCUT2D eigenvalue weighted by Gasteiger charge is 2.13. The first-order valence-corrected chi connectivity index (χ1v) is 13.6. The van der Waals surface area contributed by atoms with Crippen molar-refractivity contribution < 1.29 is 19.8 Å². The molecule has 0 heterocycles. The number of hydrogen-bond donors (Lipinski definition) is 2. The molecular formula is C28H54O4. The lowest BCUT2D eigenvalue weighted by Gasteiger charge is -2.08. The molecule has 0 aromatic carbocycles. The number of unbranched alkanes of at least 4 members (excludes halogenated alkanes) is 14. The fourth-order valence-corrected chi connectivity index (χ4v) is 3.67. The number of carboxylic acid groups (broad SMARTS) is 2. The van der Waals surface area contributed by atoms with Gasteiger partial charge in [-0.05, 0) is 44.9 Å². The number of carbonyl (C=O) groups is 2. The van der Waals surface area contributed by atoms with Gasteiger partial charge in [-0.25, -0.2) is 0 Å². The maximum atomic E-state index is 10.6. The number of rotatable bonds is 22. The number of carboxylic acids is 2. The molecule has 0 aromatic rings. The average Bonchev–Trinajstić information content (AvgIpc) is 2.76. The van der Waals surface area contributed by atoms with Crippen molar-refractivity contribution >= 4 is 11.9 Å². The quantitative estimate of drug-likeness (QED) is 0.126. The number of allylic oxidation sites excluding steroid dienone is 2. The molecular weight excluding hydrogens is 400 g/mol. The largest absolute Gasteiger partial charge is 0.481 e. The van der Waals surface area contributed by atoms with Gasteiger partial charge in [0.1, 0.15) is 0 Å². The maximum absolute atomic E-state index is 10.6. The molecule has 32 heavy (non-hydrogen) atoms. The van der Waals surface area contributed by atoms with Gasteiger partial charge in [0.2, 0.25) is 0 Å². The van der Waals surface area contributed by atoms with Gasteiger partial charge in [0.15, 0.2) is 0 Å². The van der Waals surface area contributed by atoms with E-state index in [1.807, 2.05) is 6.92 Å². The predicted octanol–water partition coefficient (Wildman–Crippen LogP) is 9.18.